The second kappa shape index (κ2) is 5.88. The number of nitriles is 1. The van der Waals surface area contributed by atoms with E-state index in [1.54, 1.807) is 0 Å². The summed E-state index contributed by atoms with van der Waals surface area (Å²) in [6.07, 6.45) is 1.02. The van der Waals surface area contributed by atoms with E-state index in [-0.39, 0.29) is 6.04 Å². The molecule has 0 saturated carbocycles. The molecule has 0 aliphatic rings. The van der Waals surface area contributed by atoms with Gasteiger partial charge in [-0.2, -0.15) is 5.26 Å². The molecule has 0 amide bonds. The second-order valence-corrected chi connectivity index (χ2v) is 4.17. The fraction of sp³-hybridized carbons (Fsp3) is 0.188. The van der Waals surface area contributed by atoms with Crippen LogP contribution in [-0.2, 0) is 6.42 Å². The predicted molar refractivity (Wildman–Crippen MR) is 74.2 cm³/mol. The Labute approximate surface area is 108 Å². The topological polar surface area (TPSA) is 35.8 Å². The van der Waals surface area contributed by atoms with Crippen molar-refractivity contribution in [3.63, 3.8) is 0 Å². The molecular weight excluding hydrogens is 220 g/mol. The molecule has 1 unspecified atom stereocenters. The van der Waals surface area contributed by atoms with Gasteiger partial charge in [0, 0.05) is 5.69 Å². The molecule has 2 nitrogen and oxygen atoms in total. The van der Waals surface area contributed by atoms with Gasteiger partial charge in [-0.25, -0.2) is 0 Å². The lowest BCUT2D eigenvalue weighted by Crippen LogP contribution is -2.08. The molecule has 0 saturated heterocycles. The molecule has 0 aliphatic carbocycles. The maximum absolute atomic E-state index is 9.25. The van der Waals surface area contributed by atoms with E-state index in [4.69, 9.17) is 0 Å². The number of rotatable bonds is 4. The summed E-state index contributed by atoms with van der Waals surface area (Å²) in [5, 5.41) is 12.5. The van der Waals surface area contributed by atoms with Crippen LogP contribution in [0.4, 0.5) is 5.69 Å². The van der Waals surface area contributed by atoms with Gasteiger partial charge in [-0.05, 0) is 29.7 Å². The van der Waals surface area contributed by atoms with Crippen molar-refractivity contribution in [3.8, 4) is 6.07 Å². The molecule has 18 heavy (non-hydrogen) atoms. The van der Waals surface area contributed by atoms with E-state index < -0.39 is 0 Å². The Hall–Kier alpha value is -2.27. The van der Waals surface area contributed by atoms with Crippen molar-refractivity contribution < 1.29 is 0 Å². The zero-order valence-electron chi connectivity index (χ0n) is 10.4. The zero-order valence-corrected chi connectivity index (χ0v) is 10.4. The van der Waals surface area contributed by atoms with Gasteiger partial charge in [0.25, 0.3) is 0 Å². The number of anilines is 1. The monoisotopic (exact) mass is 236 g/mol. The third-order valence-corrected chi connectivity index (χ3v) is 2.94. The van der Waals surface area contributed by atoms with Crippen LogP contribution in [0.3, 0.4) is 0 Å². The first-order chi connectivity index (χ1) is 8.83. The second-order valence-electron chi connectivity index (χ2n) is 4.17. The lowest BCUT2D eigenvalue weighted by molar-refractivity contribution is 0.992. The first kappa shape index (κ1) is 12.2. The Morgan fingerprint density at radius 2 is 1.72 bits per heavy atom. The number of hydrogen-bond donors (Lipinski definition) is 1. The SMILES string of the molecule is CCc1ccc(C(C#N)Nc2ccccc2)cc1. The summed E-state index contributed by atoms with van der Waals surface area (Å²) in [5.74, 6) is 0. The van der Waals surface area contributed by atoms with Crippen LogP contribution in [0.1, 0.15) is 24.1 Å². The number of nitrogens with zero attached hydrogens (tertiary/aromatic N) is 1. The van der Waals surface area contributed by atoms with Gasteiger partial charge in [0.15, 0.2) is 0 Å². The minimum atomic E-state index is -0.307. The van der Waals surface area contributed by atoms with E-state index in [1.807, 2.05) is 42.5 Å². The van der Waals surface area contributed by atoms with E-state index in [9.17, 15) is 5.26 Å². The molecule has 2 heteroatoms. The van der Waals surface area contributed by atoms with E-state index in [2.05, 4.69) is 30.4 Å². The van der Waals surface area contributed by atoms with Crippen LogP contribution in [0.15, 0.2) is 54.6 Å². The third kappa shape index (κ3) is 2.89. The van der Waals surface area contributed by atoms with Gasteiger partial charge in [-0.1, -0.05) is 49.4 Å². The number of benzene rings is 2. The largest absolute Gasteiger partial charge is 0.366 e. The molecule has 0 spiro atoms. The minimum Gasteiger partial charge on any atom is -0.366 e. The van der Waals surface area contributed by atoms with E-state index in [0.29, 0.717) is 0 Å². The lowest BCUT2D eigenvalue weighted by atomic mass is 10.0. The van der Waals surface area contributed by atoms with Crippen LogP contribution in [0.2, 0.25) is 0 Å². The Morgan fingerprint density at radius 3 is 2.28 bits per heavy atom. The molecule has 0 aliphatic heterocycles. The summed E-state index contributed by atoms with van der Waals surface area (Å²) in [5.41, 5.74) is 3.25. The molecule has 0 radical (unpaired) electrons. The van der Waals surface area contributed by atoms with Crippen LogP contribution in [-0.4, -0.2) is 0 Å². The van der Waals surface area contributed by atoms with E-state index in [0.717, 1.165) is 17.7 Å². The van der Waals surface area contributed by atoms with Crippen LogP contribution in [0.5, 0.6) is 0 Å². The highest BCUT2D eigenvalue weighted by atomic mass is 14.9. The maximum atomic E-state index is 9.25. The van der Waals surface area contributed by atoms with Crippen LogP contribution >= 0.6 is 0 Å². The molecule has 0 fully saturated rings. The summed E-state index contributed by atoms with van der Waals surface area (Å²) < 4.78 is 0. The molecular formula is C16H16N2. The molecule has 0 heterocycles. The Kier molecular flexibility index (Phi) is 3.98. The van der Waals surface area contributed by atoms with Gasteiger partial charge in [-0.15, -0.1) is 0 Å². The summed E-state index contributed by atoms with van der Waals surface area (Å²) in [6.45, 7) is 2.12. The van der Waals surface area contributed by atoms with Crippen molar-refractivity contribution in [3.05, 3.63) is 65.7 Å². The van der Waals surface area contributed by atoms with Crippen LogP contribution < -0.4 is 5.32 Å². The lowest BCUT2D eigenvalue weighted by Gasteiger charge is -2.13. The molecule has 0 bridgehead atoms. The first-order valence-corrected chi connectivity index (χ1v) is 6.13. The summed E-state index contributed by atoms with van der Waals surface area (Å²) >= 11 is 0. The molecule has 2 aromatic rings. The van der Waals surface area contributed by atoms with Crippen molar-refractivity contribution in [2.24, 2.45) is 0 Å². The summed E-state index contributed by atoms with van der Waals surface area (Å²) in [4.78, 5) is 0. The number of para-hydroxylation sites is 1. The highest BCUT2D eigenvalue weighted by molar-refractivity contribution is 5.47. The van der Waals surface area contributed by atoms with Crippen molar-refractivity contribution in [1.82, 2.24) is 0 Å². The average molecular weight is 236 g/mol. The third-order valence-electron chi connectivity index (χ3n) is 2.94. The molecule has 2 aromatic carbocycles. The van der Waals surface area contributed by atoms with Crippen molar-refractivity contribution in [1.29, 1.82) is 5.26 Å². The molecule has 1 atom stereocenters. The standard InChI is InChI=1S/C16H16N2/c1-2-13-8-10-14(11-9-13)16(12-17)18-15-6-4-3-5-7-15/h3-11,16,18H,2H2,1H3. The highest BCUT2D eigenvalue weighted by Gasteiger charge is 2.09. The quantitative estimate of drug-likeness (QED) is 0.873. The van der Waals surface area contributed by atoms with Gasteiger partial charge in [0.05, 0.1) is 6.07 Å². The van der Waals surface area contributed by atoms with Gasteiger partial charge in [-0.3, -0.25) is 0 Å². The Balaban J connectivity index is 2.16. The molecule has 1 N–H and O–H groups in total. The summed E-state index contributed by atoms with van der Waals surface area (Å²) in [6, 6.07) is 20.0. The van der Waals surface area contributed by atoms with E-state index >= 15 is 0 Å². The predicted octanol–water partition coefficient (Wildman–Crippen LogP) is 3.93. The molecule has 90 valence electrons. The smallest absolute Gasteiger partial charge is 0.140 e. The molecule has 0 aromatic heterocycles. The fourth-order valence-corrected chi connectivity index (χ4v) is 1.84. The minimum absolute atomic E-state index is 0.307. The van der Waals surface area contributed by atoms with Gasteiger partial charge in [0.1, 0.15) is 6.04 Å². The highest BCUT2D eigenvalue weighted by Crippen LogP contribution is 2.19. The number of hydrogen-bond acceptors (Lipinski definition) is 2. The Morgan fingerprint density at radius 1 is 1.06 bits per heavy atom. The van der Waals surface area contributed by atoms with Crippen LogP contribution in [0, 0.1) is 11.3 Å². The van der Waals surface area contributed by atoms with Gasteiger partial charge in [0.2, 0.25) is 0 Å². The van der Waals surface area contributed by atoms with Crippen molar-refractivity contribution in [2.45, 2.75) is 19.4 Å². The molecule has 2 rings (SSSR count). The normalized spacial score (nSPS) is 11.6. The van der Waals surface area contributed by atoms with Crippen LogP contribution in [0.25, 0.3) is 0 Å². The summed E-state index contributed by atoms with van der Waals surface area (Å²) in [7, 11) is 0. The number of nitrogens with one attached hydrogen (secondary N) is 1. The first-order valence-electron chi connectivity index (χ1n) is 6.13. The van der Waals surface area contributed by atoms with Crippen molar-refractivity contribution >= 4 is 5.69 Å². The van der Waals surface area contributed by atoms with E-state index in [1.165, 1.54) is 5.56 Å². The average Bonchev–Trinajstić information content (AvgIpc) is 2.46. The van der Waals surface area contributed by atoms with Crippen molar-refractivity contribution in [2.75, 3.05) is 5.32 Å². The fourth-order valence-electron chi connectivity index (χ4n) is 1.84. The van der Waals surface area contributed by atoms with Gasteiger partial charge >= 0.3 is 0 Å². The maximum Gasteiger partial charge on any atom is 0.140 e. The zero-order chi connectivity index (χ0) is 12.8. The van der Waals surface area contributed by atoms with Gasteiger partial charge < -0.3 is 5.32 Å². The number of aryl methyl sites for hydroxylation is 1. The Bertz CT molecular complexity index is 523.